The monoisotopic (exact) mass is 117 g/mol. The van der Waals surface area contributed by atoms with Crippen molar-refractivity contribution >= 4 is 0 Å². The molecule has 0 aromatic rings. The zero-order chi connectivity index (χ0) is 6.20. The van der Waals surface area contributed by atoms with Crippen LogP contribution in [0.2, 0.25) is 0 Å². The van der Waals surface area contributed by atoms with Crippen molar-refractivity contribution in [2.24, 2.45) is 5.92 Å². The van der Waals surface area contributed by atoms with Gasteiger partial charge in [0.25, 0.3) is 0 Å². The molecule has 1 nitrogen and oxygen atoms in total. The van der Waals surface area contributed by atoms with Crippen LogP contribution in [0.3, 0.4) is 0 Å². The fourth-order valence-electron chi connectivity index (χ4n) is 0.774. The van der Waals surface area contributed by atoms with E-state index in [1.165, 1.54) is 0 Å². The van der Waals surface area contributed by atoms with Gasteiger partial charge in [-0.15, -0.1) is 0 Å². The standard InChI is InChI=1S/C6H12FN/c1-6(2,7)5-3-8-4-5/h5,8H,3-4H2,1-2H3. The molecule has 0 saturated carbocycles. The maximum Gasteiger partial charge on any atom is 0.110 e. The van der Waals surface area contributed by atoms with E-state index in [4.69, 9.17) is 0 Å². The van der Waals surface area contributed by atoms with Gasteiger partial charge in [0, 0.05) is 19.0 Å². The molecule has 1 N–H and O–H groups in total. The largest absolute Gasteiger partial charge is 0.316 e. The summed E-state index contributed by atoms with van der Waals surface area (Å²) >= 11 is 0. The molecular weight excluding hydrogens is 105 g/mol. The van der Waals surface area contributed by atoms with Crippen LogP contribution in [0.1, 0.15) is 13.8 Å². The summed E-state index contributed by atoms with van der Waals surface area (Å²) in [5.41, 5.74) is -0.967. The van der Waals surface area contributed by atoms with Crippen LogP contribution in [-0.4, -0.2) is 18.8 Å². The lowest BCUT2D eigenvalue weighted by Crippen LogP contribution is -2.51. The Balaban J connectivity index is 2.34. The maximum atomic E-state index is 12.8. The Labute approximate surface area is 49.3 Å². The summed E-state index contributed by atoms with van der Waals surface area (Å²) in [6, 6.07) is 0. The van der Waals surface area contributed by atoms with Gasteiger partial charge in [0.1, 0.15) is 5.67 Å². The molecule has 1 heterocycles. The zero-order valence-corrected chi connectivity index (χ0v) is 5.37. The predicted octanol–water partition coefficient (Wildman–Crippen LogP) is 0.954. The Morgan fingerprint density at radius 2 is 2.00 bits per heavy atom. The van der Waals surface area contributed by atoms with Crippen molar-refractivity contribution in [1.29, 1.82) is 0 Å². The second-order valence-corrected chi connectivity index (χ2v) is 2.92. The predicted molar refractivity (Wildman–Crippen MR) is 31.5 cm³/mol. The number of halogens is 1. The molecule has 1 saturated heterocycles. The molecule has 0 spiro atoms. The molecule has 0 unspecified atom stereocenters. The van der Waals surface area contributed by atoms with E-state index in [0.717, 1.165) is 13.1 Å². The highest BCUT2D eigenvalue weighted by Crippen LogP contribution is 2.23. The Kier molecular flexibility index (Phi) is 1.27. The molecule has 8 heavy (non-hydrogen) atoms. The van der Waals surface area contributed by atoms with E-state index in [-0.39, 0.29) is 5.92 Å². The molecule has 0 atom stereocenters. The fraction of sp³-hybridized carbons (Fsp3) is 1.00. The van der Waals surface area contributed by atoms with E-state index in [1.807, 2.05) is 0 Å². The number of hydrogen-bond acceptors (Lipinski definition) is 1. The summed E-state index contributed by atoms with van der Waals surface area (Å²) in [4.78, 5) is 0. The van der Waals surface area contributed by atoms with Crippen LogP contribution in [0.15, 0.2) is 0 Å². The van der Waals surface area contributed by atoms with Crippen LogP contribution in [0.4, 0.5) is 4.39 Å². The molecule has 2 heteroatoms. The van der Waals surface area contributed by atoms with Gasteiger partial charge in [0.15, 0.2) is 0 Å². The van der Waals surface area contributed by atoms with Gasteiger partial charge in [-0.3, -0.25) is 0 Å². The van der Waals surface area contributed by atoms with Crippen molar-refractivity contribution in [3.8, 4) is 0 Å². The van der Waals surface area contributed by atoms with Gasteiger partial charge in [0.2, 0.25) is 0 Å². The van der Waals surface area contributed by atoms with E-state index in [1.54, 1.807) is 13.8 Å². The Hall–Kier alpha value is -0.110. The molecule has 0 aromatic heterocycles. The first-order chi connectivity index (χ1) is 3.61. The summed E-state index contributed by atoms with van der Waals surface area (Å²) in [7, 11) is 0. The minimum Gasteiger partial charge on any atom is -0.316 e. The molecule has 1 rings (SSSR count). The van der Waals surface area contributed by atoms with Gasteiger partial charge < -0.3 is 5.32 Å². The Bertz CT molecular complexity index is 81.0. The first-order valence-corrected chi connectivity index (χ1v) is 3.00. The molecular formula is C6H12FN. The highest BCUT2D eigenvalue weighted by Gasteiger charge is 2.33. The highest BCUT2D eigenvalue weighted by atomic mass is 19.1. The van der Waals surface area contributed by atoms with E-state index < -0.39 is 5.67 Å². The average Bonchev–Trinajstić information content (AvgIpc) is 1.16. The molecule has 48 valence electrons. The van der Waals surface area contributed by atoms with Crippen LogP contribution in [0, 0.1) is 5.92 Å². The summed E-state index contributed by atoms with van der Waals surface area (Å²) in [6.07, 6.45) is 0. The Morgan fingerprint density at radius 1 is 1.50 bits per heavy atom. The summed E-state index contributed by atoms with van der Waals surface area (Å²) < 4.78 is 12.8. The van der Waals surface area contributed by atoms with Gasteiger partial charge in [-0.1, -0.05) is 0 Å². The smallest absolute Gasteiger partial charge is 0.110 e. The topological polar surface area (TPSA) is 12.0 Å². The minimum atomic E-state index is -0.967. The molecule has 0 bridgehead atoms. The molecule has 0 radical (unpaired) electrons. The molecule has 0 aliphatic carbocycles. The van der Waals surface area contributed by atoms with Crippen molar-refractivity contribution in [2.75, 3.05) is 13.1 Å². The highest BCUT2D eigenvalue weighted by molar-refractivity contribution is 4.87. The van der Waals surface area contributed by atoms with Gasteiger partial charge in [-0.2, -0.15) is 0 Å². The van der Waals surface area contributed by atoms with Crippen LogP contribution >= 0.6 is 0 Å². The van der Waals surface area contributed by atoms with E-state index in [9.17, 15) is 4.39 Å². The van der Waals surface area contributed by atoms with Crippen molar-refractivity contribution in [2.45, 2.75) is 19.5 Å². The molecule has 0 amide bonds. The zero-order valence-electron chi connectivity index (χ0n) is 5.37. The Morgan fingerprint density at radius 3 is 2.00 bits per heavy atom. The SMILES string of the molecule is CC(C)(F)C1CNC1. The van der Waals surface area contributed by atoms with Crippen molar-refractivity contribution in [1.82, 2.24) is 5.32 Å². The van der Waals surface area contributed by atoms with Crippen molar-refractivity contribution in [3.05, 3.63) is 0 Å². The normalized spacial score (nSPS) is 22.9. The van der Waals surface area contributed by atoms with Gasteiger partial charge in [0.05, 0.1) is 0 Å². The van der Waals surface area contributed by atoms with Crippen LogP contribution in [0.5, 0.6) is 0 Å². The maximum absolute atomic E-state index is 12.8. The van der Waals surface area contributed by atoms with Gasteiger partial charge in [-0.25, -0.2) is 4.39 Å². The lowest BCUT2D eigenvalue weighted by atomic mass is 9.88. The summed E-state index contributed by atoms with van der Waals surface area (Å²) in [5.74, 6) is 0.252. The van der Waals surface area contributed by atoms with E-state index in [0.29, 0.717) is 0 Å². The van der Waals surface area contributed by atoms with Gasteiger partial charge >= 0.3 is 0 Å². The average molecular weight is 117 g/mol. The third kappa shape index (κ3) is 0.996. The molecule has 0 aromatic carbocycles. The number of rotatable bonds is 1. The van der Waals surface area contributed by atoms with E-state index >= 15 is 0 Å². The van der Waals surface area contributed by atoms with Crippen LogP contribution in [0.25, 0.3) is 0 Å². The van der Waals surface area contributed by atoms with E-state index in [2.05, 4.69) is 5.32 Å². The second-order valence-electron chi connectivity index (χ2n) is 2.92. The number of hydrogen-bond donors (Lipinski definition) is 1. The minimum absolute atomic E-state index is 0.252. The molecule has 1 aliphatic rings. The third-order valence-electron chi connectivity index (χ3n) is 1.75. The molecule has 1 aliphatic heterocycles. The summed E-state index contributed by atoms with van der Waals surface area (Å²) in [6.45, 7) is 4.98. The first-order valence-electron chi connectivity index (χ1n) is 3.00. The van der Waals surface area contributed by atoms with Crippen molar-refractivity contribution in [3.63, 3.8) is 0 Å². The summed E-state index contributed by atoms with van der Waals surface area (Å²) in [5, 5.41) is 3.03. The van der Waals surface area contributed by atoms with Gasteiger partial charge in [-0.05, 0) is 13.8 Å². The number of nitrogens with one attached hydrogen (secondary N) is 1. The fourth-order valence-corrected chi connectivity index (χ4v) is 0.774. The van der Waals surface area contributed by atoms with Crippen LogP contribution in [-0.2, 0) is 0 Å². The first kappa shape index (κ1) is 6.02. The second kappa shape index (κ2) is 1.69. The number of alkyl halides is 1. The third-order valence-corrected chi connectivity index (χ3v) is 1.75. The van der Waals surface area contributed by atoms with Crippen molar-refractivity contribution < 1.29 is 4.39 Å². The lowest BCUT2D eigenvalue weighted by molar-refractivity contribution is 0.0845. The molecule has 1 fully saturated rings. The van der Waals surface area contributed by atoms with Crippen LogP contribution < -0.4 is 5.32 Å². The lowest BCUT2D eigenvalue weighted by Gasteiger charge is -2.34. The quantitative estimate of drug-likeness (QED) is 0.539.